The number of ether oxygens (including phenoxy) is 1. The van der Waals surface area contributed by atoms with Crippen LogP contribution in [0, 0.1) is 6.92 Å². The molecule has 0 bridgehead atoms. The van der Waals surface area contributed by atoms with Crippen molar-refractivity contribution in [3.05, 3.63) is 81.3 Å². The minimum absolute atomic E-state index is 0.158. The molecule has 6 nitrogen and oxygen atoms in total. The molecule has 1 saturated carbocycles. The number of anilines is 1. The normalized spacial score (nSPS) is 14.9. The van der Waals surface area contributed by atoms with Crippen LogP contribution in [0.15, 0.2) is 53.3 Å². The summed E-state index contributed by atoms with van der Waals surface area (Å²) in [5, 5.41) is 0. The van der Waals surface area contributed by atoms with Gasteiger partial charge in [0.2, 0.25) is 10.0 Å². The number of hydrogen-bond acceptors (Lipinski definition) is 4. The Bertz CT molecular complexity index is 1390. The van der Waals surface area contributed by atoms with Crippen LogP contribution in [-0.4, -0.2) is 26.8 Å². The van der Waals surface area contributed by atoms with E-state index >= 15 is 0 Å². The van der Waals surface area contributed by atoms with Crippen LogP contribution in [0.25, 0.3) is 23.3 Å². The van der Waals surface area contributed by atoms with E-state index in [2.05, 4.69) is 9.71 Å². The second kappa shape index (κ2) is 8.72. The quantitative estimate of drug-likeness (QED) is 0.359. The predicted molar refractivity (Wildman–Crippen MR) is 134 cm³/mol. The van der Waals surface area contributed by atoms with Gasteiger partial charge in [0.05, 0.1) is 18.2 Å². The fraction of sp³-hybridized carbons (Fsp3) is 0.240. The van der Waals surface area contributed by atoms with Crippen molar-refractivity contribution in [1.82, 2.24) is 4.98 Å². The maximum atomic E-state index is 12.6. The minimum atomic E-state index is -3.33. The van der Waals surface area contributed by atoms with Crippen LogP contribution in [0.3, 0.4) is 0 Å². The molecule has 1 aromatic heterocycles. The third kappa shape index (κ3) is 5.31. The van der Waals surface area contributed by atoms with E-state index in [9.17, 15) is 13.2 Å². The van der Waals surface area contributed by atoms with Crippen molar-refractivity contribution in [2.45, 2.75) is 24.6 Å². The number of H-pyrrole nitrogens is 1. The number of pyridine rings is 1. The predicted octanol–water partition coefficient (Wildman–Crippen LogP) is 5.13. The van der Waals surface area contributed by atoms with Gasteiger partial charge in [-0.05, 0) is 67.3 Å². The molecule has 0 aliphatic heterocycles. The lowest BCUT2D eigenvalue weighted by atomic mass is 9.96. The smallest absolute Gasteiger partial charge is 0.256 e. The summed E-state index contributed by atoms with van der Waals surface area (Å²) in [6.45, 7) is 1.84. The summed E-state index contributed by atoms with van der Waals surface area (Å²) in [7, 11) is -1.72. The number of methoxy groups -OCH3 is 1. The Morgan fingerprint density at radius 2 is 1.79 bits per heavy atom. The Hall–Kier alpha value is -3.03. The van der Waals surface area contributed by atoms with Crippen LogP contribution in [0.4, 0.5) is 5.69 Å². The van der Waals surface area contributed by atoms with Crippen molar-refractivity contribution in [3.8, 4) is 16.9 Å². The number of aromatic nitrogens is 1. The van der Waals surface area contributed by atoms with Gasteiger partial charge < -0.3 is 9.72 Å². The molecule has 0 amide bonds. The Morgan fingerprint density at radius 1 is 1.09 bits per heavy atom. The lowest BCUT2D eigenvalue weighted by Crippen LogP contribution is -2.11. The number of aryl methyl sites for hydroxylation is 1. The minimum Gasteiger partial charge on any atom is -0.496 e. The van der Waals surface area contributed by atoms with E-state index in [4.69, 9.17) is 16.3 Å². The van der Waals surface area contributed by atoms with Crippen LogP contribution in [0.5, 0.6) is 5.75 Å². The molecule has 2 N–H and O–H groups in total. The Morgan fingerprint density at radius 3 is 2.36 bits per heavy atom. The zero-order valence-corrected chi connectivity index (χ0v) is 20.2. The fourth-order valence-electron chi connectivity index (χ4n) is 3.73. The van der Waals surface area contributed by atoms with Gasteiger partial charge in [0.25, 0.3) is 5.56 Å². The van der Waals surface area contributed by atoms with E-state index in [1.807, 2.05) is 55.5 Å². The van der Waals surface area contributed by atoms with Gasteiger partial charge in [-0.3, -0.25) is 9.52 Å². The molecular weight excluding hydrogens is 460 g/mol. The lowest BCUT2D eigenvalue weighted by molar-refractivity contribution is 0.407. The number of alkyl halides is 1. The number of sulfonamides is 1. The summed E-state index contributed by atoms with van der Waals surface area (Å²) in [5.74, 6) is 0.682. The van der Waals surface area contributed by atoms with E-state index in [0.717, 1.165) is 47.0 Å². The molecule has 172 valence electrons. The van der Waals surface area contributed by atoms with E-state index < -0.39 is 14.9 Å². The van der Waals surface area contributed by atoms with Crippen molar-refractivity contribution in [1.29, 1.82) is 0 Å². The summed E-state index contributed by atoms with van der Waals surface area (Å²) < 4.78 is 31.0. The second-order valence-corrected chi connectivity index (χ2v) is 10.8. The highest BCUT2D eigenvalue weighted by Crippen LogP contribution is 2.56. The van der Waals surface area contributed by atoms with E-state index in [-0.39, 0.29) is 5.56 Å². The van der Waals surface area contributed by atoms with Crippen molar-refractivity contribution in [2.24, 2.45) is 0 Å². The van der Waals surface area contributed by atoms with Crippen molar-refractivity contribution in [2.75, 3.05) is 18.1 Å². The summed E-state index contributed by atoms with van der Waals surface area (Å²) >= 11 is 6.79. The summed E-state index contributed by atoms with van der Waals surface area (Å²) in [6, 6.07) is 14.6. The molecule has 1 aliphatic rings. The van der Waals surface area contributed by atoms with Crippen LogP contribution >= 0.6 is 11.6 Å². The first-order valence-corrected chi connectivity index (χ1v) is 12.7. The van der Waals surface area contributed by atoms with Crippen LogP contribution in [0.1, 0.15) is 35.2 Å². The standard InChI is InChI=1S/C25H25ClN2O4S/c1-16-4-11-21(24(29)27-16)19-14-18(23(32-2)22(15-19)25(26)12-13-25)8-5-17-6-9-20(10-7-17)28-33(3,30)31/h4-11,14-15,28H,12-13H2,1-3H3,(H,27,29)/b8-5+. The highest BCUT2D eigenvalue weighted by atomic mass is 35.5. The monoisotopic (exact) mass is 484 g/mol. The van der Waals surface area contributed by atoms with Gasteiger partial charge in [-0.2, -0.15) is 0 Å². The molecular formula is C25H25ClN2O4S. The van der Waals surface area contributed by atoms with Gasteiger partial charge in [0.1, 0.15) is 5.75 Å². The Balaban J connectivity index is 1.76. The van der Waals surface area contributed by atoms with E-state index in [1.54, 1.807) is 19.2 Å². The maximum absolute atomic E-state index is 12.6. The van der Waals surface area contributed by atoms with E-state index in [0.29, 0.717) is 17.0 Å². The summed E-state index contributed by atoms with van der Waals surface area (Å²) in [6.07, 6.45) is 6.62. The van der Waals surface area contributed by atoms with Gasteiger partial charge in [0, 0.05) is 28.1 Å². The molecule has 1 fully saturated rings. The molecule has 4 rings (SSSR count). The largest absolute Gasteiger partial charge is 0.496 e. The fourth-order valence-corrected chi connectivity index (χ4v) is 4.53. The molecule has 33 heavy (non-hydrogen) atoms. The van der Waals surface area contributed by atoms with Gasteiger partial charge >= 0.3 is 0 Å². The maximum Gasteiger partial charge on any atom is 0.256 e. The molecule has 2 aromatic carbocycles. The second-order valence-electron chi connectivity index (χ2n) is 8.33. The summed E-state index contributed by atoms with van der Waals surface area (Å²) in [4.78, 5) is 15.0. The Labute approximate surface area is 198 Å². The third-order valence-electron chi connectivity index (χ3n) is 5.53. The first-order valence-electron chi connectivity index (χ1n) is 10.5. The third-order valence-corrected chi connectivity index (χ3v) is 6.72. The van der Waals surface area contributed by atoms with Crippen molar-refractivity contribution < 1.29 is 13.2 Å². The molecule has 0 spiro atoms. The van der Waals surface area contributed by atoms with Crippen molar-refractivity contribution in [3.63, 3.8) is 0 Å². The molecule has 8 heteroatoms. The molecule has 0 saturated heterocycles. The average Bonchev–Trinajstić information content (AvgIpc) is 3.50. The lowest BCUT2D eigenvalue weighted by Gasteiger charge is -2.17. The van der Waals surface area contributed by atoms with Crippen LogP contribution < -0.4 is 15.0 Å². The molecule has 0 radical (unpaired) electrons. The topological polar surface area (TPSA) is 88.3 Å². The van der Waals surface area contributed by atoms with Gasteiger partial charge in [0.15, 0.2) is 0 Å². The number of nitrogens with one attached hydrogen (secondary N) is 2. The van der Waals surface area contributed by atoms with Gasteiger partial charge in [-0.25, -0.2) is 8.42 Å². The van der Waals surface area contributed by atoms with E-state index in [1.165, 1.54) is 0 Å². The molecule has 0 unspecified atom stereocenters. The average molecular weight is 485 g/mol. The highest BCUT2D eigenvalue weighted by Gasteiger charge is 2.45. The number of benzene rings is 2. The Kier molecular flexibility index (Phi) is 6.12. The van der Waals surface area contributed by atoms with Gasteiger partial charge in [-0.15, -0.1) is 11.6 Å². The summed E-state index contributed by atoms with van der Waals surface area (Å²) in [5.41, 5.74) is 5.02. The van der Waals surface area contributed by atoms with Crippen molar-refractivity contribution >= 4 is 39.5 Å². The highest BCUT2D eigenvalue weighted by molar-refractivity contribution is 7.92. The number of hydrogen-bond donors (Lipinski definition) is 2. The first kappa shape index (κ1) is 23.1. The van der Waals surface area contributed by atoms with Gasteiger partial charge in [-0.1, -0.05) is 24.3 Å². The SMILES string of the molecule is COc1c(/C=C/c2ccc(NS(C)(=O)=O)cc2)cc(-c2ccc(C)[nH]c2=O)cc1C1(Cl)CC1. The van der Waals surface area contributed by atoms with Crippen LogP contribution in [0.2, 0.25) is 0 Å². The first-order chi connectivity index (χ1) is 15.6. The molecule has 3 aromatic rings. The number of halogens is 1. The number of aromatic amines is 1. The zero-order valence-electron chi connectivity index (χ0n) is 18.6. The molecule has 0 atom stereocenters. The zero-order chi connectivity index (χ0) is 23.8. The van der Waals surface area contributed by atoms with Crippen LogP contribution in [-0.2, 0) is 14.9 Å². The molecule has 1 aliphatic carbocycles. The molecule has 1 heterocycles. The number of rotatable bonds is 7.